The van der Waals surface area contributed by atoms with E-state index in [0.29, 0.717) is 32.9 Å². The summed E-state index contributed by atoms with van der Waals surface area (Å²) >= 11 is 5.89. The summed E-state index contributed by atoms with van der Waals surface area (Å²) in [6, 6.07) is 13.6. The highest BCUT2D eigenvalue weighted by molar-refractivity contribution is 6.30. The Labute approximate surface area is 197 Å². The van der Waals surface area contributed by atoms with E-state index in [2.05, 4.69) is 15.4 Å². The quantitative estimate of drug-likeness (QED) is 0.361. The van der Waals surface area contributed by atoms with Crippen LogP contribution in [0.25, 0.3) is 28.0 Å². The van der Waals surface area contributed by atoms with E-state index in [4.69, 9.17) is 11.6 Å². The molecule has 0 radical (unpaired) electrons. The minimum atomic E-state index is -4.78. The molecule has 0 atom stereocenters. The fraction of sp³-hybridized carbons (Fsp3) is 0.208. The number of aromatic nitrogens is 3. The predicted molar refractivity (Wildman–Crippen MR) is 125 cm³/mol. The van der Waals surface area contributed by atoms with Crippen LogP contribution in [-0.4, -0.2) is 20.5 Å². The maximum absolute atomic E-state index is 13.8. The van der Waals surface area contributed by atoms with Crippen molar-refractivity contribution < 1.29 is 18.0 Å². The maximum Gasteiger partial charge on any atom is 0.435 e. The second kappa shape index (κ2) is 8.98. The van der Waals surface area contributed by atoms with Gasteiger partial charge in [0.2, 0.25) is 5.91 Å². The van der Waals surface area contributed by atoms with Crippen LogP contribution < -0.4 is 10.9 Å². The first-order valence-corrected chi connectivity index (χ1v) is 10.8. The number of nitrogens with one attached hydrogen (secondary N) is 2. The summed E-state index contributed by atoms with van der Waals surface area (Å²) in [6.45, 7) is 3.88. The Hall–Kier alpha value is -3.59. The highest BCUT2D eigenvalue weighted by Crippen LogP contribution is 2.38. The molecule has 0 saturated heterocycles. The molecule has 0 bridgehead atoms. The Bertz CT molecular complexity index is 1410. The molecule has 0 spiro atoms. The van der Waals surface area contributed by atoms with Crippen molar-refractivity contribution in [3.05, 3.63) is 75.7 Å². The molecule has 0 saturated carbocycles. The first kappa shape index (κ1) is 23.6. The van der Waals surface area contributed by atoms with Crippen LogP contribution in [0.5, 0.6) is 0 Å². The predicted octanol–water partition coefficient (Wildman–Crippen LogP) is 6.01. The molecule has 0 aliphatic heterocycles. The lowest BCUT2D eigenvalue weighted by molar-refractivity contribution is -0.140. The van der Waals surface area contributed by atoms with Gasteiger partial charge in [0.25, 0.3) is 5.56 Å². The first-order chi connectivity index (χ1) is 16.0. The van der Waals surface area contributed by atoms with Crippen molar-refractivity contribution in [1.82, 2.24) is 14.6 Å². The summed E-state index contributed by atoms with van der Waals surface area (Å²) in [5.41, 5.74) is -0.592. The van der Waals surface area contributed by atoms with E-state index in [1.165, 1.54) is 30.3 Å². The Morgan fingerprint density at radius 2 is 1.71 bits per heavy atom. The standard InChI is InChI=1S/C24H20ClF3N4O2/c1-13(2)11-19(33)29-17-9-5-14(6-10-17)18-12-20(34)32-23(30-18)21(22(31-32)24(26,27)28)15-3-7-16(25)8-4-15/h3-10,12-13,30H,11H2,1-2H3,(H,29,33). The average Bonchev–Trinajstić information content (AvgIpc) is 3.15. The number of carbonyl (C=O) groups is 1. The van der Waals surface area contributed by atoms with Crippen LogP contribution in [0.2, 0.25) is 5.02 Å². The normalized spacial score (nSPS) is 11.9. The second-order valence-electron chi connectivity index (χ2n) is 8.23. The molecule has 2 aromatic heterocycles. The Morgan fingerprint density at radius 1 is 1.09 bits per heavy atom. The number of benzene rings is 2. The van der Waals surface area contributed by atoms with Gasteiger partial charge in [0.15, 0.2) is 5.69 Å². The monoisotopic (exact) mass is 488 g/mol. The third-order valence-electron chi connectivity index (χ3n) is 5.09. The number of hydrogen-bond donors (Lipinski definition) is 2. The van der Waals surface area contributed by atoms with Gasteiger partial charge >= 0.3 is 6.18 Å². The molecular formula is C24H20ClF3N4O2. The molecule has 0 aliphatic rings. The van der Waals surface area contributed by atoms with Gasteiger partial charge in [-0.25, -0.2) is 0 Å². The van der Waals surface area contributed by atoms with Crippen LogP contribution in [0.4, 0.5) is 18.9 Å². The Kier molecular flexibility index (Phi) is 6.22. The SMILES string of the molecule is CC(C)CC(=O)Nc1ccc(-c2cc(=O)n3nc(C(F)(F)F)c(-c4ccc(Cl)cc4)c3[nH]2)cc1. The van der Waals surface area contributed by atoms with E-state index in [9.17, 15) is 22.8 Å². The largest absolute Gasteiger partial charge is 0.435 e. The van der Waals surface area contributed by atoms with Crippen molar-refractivity contribution in [2.45, 2.75) is 26.4 Å². The number of fused-ring (bicyclic) bond motifs is 1. The molecular weight excluding hydrogens is 469 g/mol. The Morgan fingerprint density at radius 3 is 2.29 bits per heavy atom. The zero-order chi connectivity index (χ0) is 24.6. The lowest BCUT2D eigenvalue weighted by Crippen LogP contribution is -2.15. The number of rotatable bonds is 5. The maximum atomic E-state index is 13.8. The van der Waals surface area contributed by atoms with Crippen molar-refractivity contribution in [2.24, 2.45) is 5.92 Å². The van der Waals surface area contributed by atoms with Crippen LogP contribution in [0.1, 0.15) is 26.0 Å². The number of alkyl halides is 3. The van der Waals surface area contributed by atoms with Crippen molar-refractivity contribution in [3.63, 3.8) is 0 Å². The van der Waals surface area contributed by atoms with E-state index < -0.39 is 17.4 Å². The fourth-order valence-electron chi connectivity index (χ4n) is 3.60. The van der Waals surface area contributed by atoms with Crippen LogP contribution in [0.15, 0.2) is 59.4 Å². The van der Waals surface area contributed by atoms with Crippen LogP contribution in [-0.2, 0) is 11.0 Å². The van der Waals surface area contributed by atoms with Gasteiger partial charge in [-0.2, -0.15) is 22.8 Å². The van der Waals surface area contributed by atoms with Gasteiger partial charge in [0.1, 0.15) is 5.65 Å². The van der Waals surface area contributed by atoms with E-state index in [1.54, 1.807) is 24.3 Å². The zero-order valence-corrected chi connectivity index (χ0v) is 19.0. The van der Waals surface area contributed by atoms with Gasteiger partial charge in [-0.15, -0.1) is 0 Å². The third-order valence-corrected chi connectivity index (χ3v) is 5.34. The summed E-state index contributed by atoms with van der Waals surface area (Å²) in [4.78, 5) is 27.6. The minimum Gasteiger partial charge on any atom is -0.339 e. The number of anilines is 1. The smallest absolute Gasteiger partial charge is 0.339 e. The molecule has 6 nitrogen and oxygen atoms in total. The summed E-state index contributed by atoms with van der Waals surface area (Å²) in [7, 11) is 0. The molecule has 2 heterocycles. The first-order valence-electron chi connectivity index (χ1n) is 10.4. The molecule has 4 aromatic rings. The summed E-state index contributed by atoms with van der Waals surface area (Å²) < 4.78 is 42.1. The van der Waals surface area contributed by atoms with Crippen molar-refractivity contribution in [3.8, 4) is 22.4 Å². The molecule has 0 unspecified atom stereocenters. The van der Waals surface area contributed by atoms with Crippen LogP contribution in [0.3, 0.4) is 0 Å². The van der Waals surface area contributed by atoms with Crippen molar-refractivity contribution in [2.75, 3.05) is 5.32 Å². The number of nitrogens with zero attached hydrogens (tertiary/aromatic N) is 2. The number of carbonyl (C=O) groups excluding carboxylic acids is 1. The number of amides is 1. The molecule has 10 heteroatoms. The van der Waals surface area contributed by atoms with Gasteiger partial charge < -0.3 is 10.3 Å². The van der Waals surface area contributed by atoms with Crippen LogP contribution in [0, 0.1) is 5.92 Å². The lowest BCUT2D eigenvalue weighted by atomic mass is 10.1. The molecule has 0 aliphatic carbocycles. The molecule has 1 amide bonds. The van der Waals surface area contributed by atoms with E-state index in [0.717, 1.165) is 0 Å². The average molecular weight is 489 g/mol. The molecule has 4 rings (SSSR count). The molecule has 176 valence electrons. The highest BCUT2D eigenvalue weighted by atomic mass is 35.5. The van der Waals surface area contributed by atoms with Gasteiger partial charge in [-0.3, -0.25) is 9.59 Å². The van der Waals surface area contributed by atoms with Gasteiger partial charge in [-0.05, 0) is 41.3 Å². The van der Waals surface area contributed by atoms with E-state index in [-0.39, 0.29) is 28.6 Å². The summed E-state index contributed by atoms with van der Waals surface area (Å²) in [6.07, 6.45) is -4.40. The second-order valence-corrected chi connectivity index (χ2v) is 8.67. The zero-order valence-electron chi connectivity index (χ0n) is 18.2. The van der Waals surface area contributed by atoms with E-state index in [1.807, 2.05) is 13.8 Å². The van der Waals surface area contributed by atoms with E-state index >= 15 is 0 Å². The van der Waals surface area contributed by atoms with Gasteiger partial charge in [0.05, 0.1) is 11.3 Å². The lowest BCUT2D eigenvalue weighted by Gasteiger charge is -2.09. The highest BCUT2D eigenvalue weighted by Gasteiger charge is 2.39. The summed E-state index contributed by atoms with van der Waals surface area (Å²) in [5, 5.41) is 6.71. The number of H-pyrrole nitrogens is 1. The minimum absolute atomic E-state index is 0.0912. The number of halogens is 4. The van der Waals surface area contributed by atoms with Gasteiger partial charge in [0, 0.05) is 23.2 Å². The Balaban J connectivity index is 1.80. The van der Waals surface area contributed by atoms with Gasteiger partial charge in [-0.1, -0.05) is 49.7 Å². The fourth-order valence-corrected chi connectivity index (χ4v) is 3.73. The van der Waals surface area contributed by atoms with Crippen molar-refractivity contribution >= 4 is 28.8 Å². The molecule has 34 heavy (non-hydrogen) atoms. The summed E-state index contributed by atoms with van der Waals surface area (Å²) in [5.74, 6) is 0.0901. The molecule has 0 fully saturated rings. The molecule has 2 N–H and O–H groups in total. The molecule has 2 aromatic carbocycles. The number of hydrogen-bond acceptors (Lipinski definition) is 3. The third kappa shape index (κ3) is 4.84. The van der Waals surface area contributed by atoms with Crippen LogP contribution >= 0.6 is 11.6 Å². The topological polar surface area (TPSA) is 79.3 Å². The van der Waals surface area contributed by atoms with Crippen molar-refractivity contribution in [1.29, 1.82) is 0 Å². The number of aromatic amines is 1.